The van der Waals surface area contributed by atoms with E-state index in [0.29, 0.717) is 29.7 Å². The molecule has 6 nitrogen and oxygen atoms in total. The number of carbonyl (C=O) groups is 1. The fourth-order valence-electron chi connectivity index (χ4n) is 3.64. The molecule has 3 unspecified atom stereocenters. The highest BCUT2D eigenvalue weighted by Gasteiger charge is 2.37. The second-order valence-electron chi connectivity index (χ2n) is 6.66. The van der Waals surface area contributed by atoms with Gasteiger partial charge in [0, 0.05) is 24.9 Å². The van der Waals surface area contributed by atoms with Gasteiger partial charge < -0.3 is 14.2 Å². The summed E-state index contributed by atoms with van der Waals surface area (Å²) in [7, 11) is 0. The third kappa shape index (κ3) is 2.28. The summed E-state index contributed by atoms with van der Waals surface area (Å²) in [6, 6.07) is 5.71. The highest BCUT2D eigenvalue weighted by atomic mass is 16.5. The fraction of sp³-hybridized carbons (Fsp3) is 0.500. The molecule has 3 atom stereocenters. The van der Waals surface area contributed by atoms with Gasteiger partial charge in [-0.15, -0.1) is 0 Å². The van der Waals surface area contributed by atoms with Crippen LogP contribution in [0.1, 0.15) is 66.3 Å². The van der Waals surface area contributed by atoms with Gasteiger partial charge in [0.15, 0.2) is 5.82 Å². The van der Waals surface area contributed by atoms with Gasteiger partial charge in [-0.1, -0.05) is 24.2 Å². The molecule has 2 aromatic rings. The first kappa shape index (κ1) is 15.2. The zero-order chi connectivity index (χ0) is 16.8. The van der Waals surface area contributed by atoms with Crippen LogP contribution >= 0.6 is 0 Å². The SMILES string of the molecule is Cc1nc(C2CCCN2C(=O)c2cccc3c2OC(C)C3C)no1. The molecule has 6 heteroatoms. The number of amides is 1. The van der Waals surface area contributed by atoms with Crippen LogP contribution in [0.25, 0.3) is 0 Å². The first-order valence-corrected chi connectivity index (χ1v) is 8.47. The summed E-state index contributed by atoms with van der Waals surface area (Å²) in [6.07, 6.45) is 1.88. The van der Waals surface area contributed by atoms with E-state index in [1.165, 1.54) is 0 Å². The van der Waals surface area contributed by atoms with Crippen LogP contribution in [0, 0.1) is 6.92 Å². The highest BCUT2D eigenvalue weighted by molar-refractivity contribution is 5.98. The third-order valence-corrected chi connectivity index (χ3v) is 5.13. The monoisotopic (exact) mass is 327 g/mol. The Morgan fingerprint density at radius 3 is 2.92 bits per heavy atom. The Hall–Kier alpha value is -2.37. The quantitative estimate of drug-likeness (QED) is 0.847. The first-order chi connectivity index (χ1) is 11.6. The van der Waals surface area contributed by atoms with Crippen LogP contribution in [0.4, 0.5) is 0 Å². The van der Waals surface area contributed by atoms with E-state index in [2.05, 4.69) is 17.1 Å². The summed E-state index contributed by atoms with van der Waals surface area (Å²) in [6.45, 7) is 6.63. The molecule has 4 rings (SSSR count). The van der Waals surface area contributed by atoms with E-state index < -0.39 is 0 Å². The smallest absolute Gasteiger partial charge is 0.258 e. The molecule has 1 aromatic heterocycles. The van der Waals surface area contributed by atoms with Gasteiger partial charge in [0.1, 0.15) is 11.9 Å². The minimum absolute atomic E-state index is 0.0156. The topological polar surface area (TPSA) is 68.5 Å². The van der Waals surface area contributed by atoms with E-state index >= 15 is 0 Å². The van der Waals surface area contributed by atoms with Gasteiger partial charge in [-0.25, -0.2) is 0 Å². The first-order valence-electron chi connectivity index (χ1n) is 8.47. The van der Waals surface area contributed by atoms with E-state index in [9.17, 15) is 4.79 Å². The zero-order valence-corrected chi connectivity index (χ0v) is 14.2. The van der Waals surface area contributed by atoms with Crippen LogP contribution in [0.5, 0.6) is 5.75 Å². The van der Waals surface area contributed by atoms with Crippen LogP contribution in [-0.2, 0) is 0 Å². The summed E-state index contributed by atoms with van der Waals surface area (Å²) >= 11 is 0. The minimum Gasteiger partial charge on any atom is -0.489 e. The Morgan fingerprint density at radius 1 is 1.33 bits per heavy atom. The van der Waals surface area contributed by atoms with Crippen molar-refractivity contribution in [3.8, 4) is 5.75 Å². The number of ether oxygens (including phenoxy) is 1. The number of aromatic nitrogens is 2. The summed E-state index contributed by atoms with van der Waals surface area (Å²) in [4.78, 5) is 19.3. The molecular weight excluding hydrogens is 306 g/mol. The Labute approximate surface area is 140 Å². The standard InChI is InChI=1S/C18H21N3O3/c1-10-11(2)23-16-13(10)6-4-7-14(16)18(22)21-9-5-8-15(21)17-19-12(3)24-20-17/h4,6-7,10-11,15H,5,8-9H2,1-3H3. The van der Waals surface area contributed by atoms with Gasteiger partial charge >= 0.3 is 0 Å². The number of rotatable bonds is 2. The van der Waals surface area contributed by atoms with E-state index in [-0.39, 0.29) is 18.1 Å². The van der Waals surface area contributed by atoms with Crippen molar-refractivity contribution >= 4 is 5.91 Å². The lowest BCUT2D eigenvalue weighted by Gasteiger charge is -2.23. The van der Waals surface area contributed by atoms with Crippen molar-refractivity contribution < 1.29 is 14.1 Å². The Balaban J connectivity index is 1.67. The molecule has 0 aliphatic carbocycles. The van der Waals surface area contributed by atoms with Gasteiger partial charge in [-0.2, -0.15) is 4.98 Å². The van der Waals surface area contributed by atoms with E-state index in [1.54, 1.807) is 6.92 Å². The van der Waals surface area contributed by atoms with E-state index in [0.717, 1.165) is 24.2 Å². The number of nitrogens with zero attached hydrogens (tertiary/aromatic N) is 3. The average Bonchev–Trinajstić information content (AvgIpc) is 3.27. The van der Waals surface area contributed by atoms with Crippen molar-refractivity contribution in [2.24, 2.45) is 0 Å². The molecule has 1 saturated heterocycles. The number of hydrogen-bond donors (Lipinski definition) is 0. The number of para-hydroxylation sites is 1. The van der Waals surface area contributed by atoms with Crippen molar-refractivity contribution in [3.05, 3.63) is 41.0 Å². The molecule has 126 valence electrons. The number of carbonyl (C=O) groups excluding carboxylic acids is 1. The van der Waals surface area contributed by atoms with Crippen molar-refractivity contribution in [3.63, 3.8) is 0 Å². The van der Waals surface area contributed by atoms with Crippen LogP contribution in [-0.4, -0.2) is 33.6 Å². The average molecular weight is 327 g/mol. The molecule has 0 radical (unpaired) electrons. The highest BCUT2D eigenvalue weighted by Crippen LogP contribution is 2.42. The maximum absolute atomic E-state index is 13.2. The molecule has 0 spiro atoms. The van der Waals surface area contributed by atoms with Gasteiger partial charge in [-0.3, -0.25) is 4.79 Å². The molecular formula is C18H21N3O3. The zero-order valence-electron chi connectivity index (χ0n) is 14.2. The lowest BCUT2D eigenvalue weighted by molar-refractivity contribution is 0.0723. The largest absolute Gasteiger partial charge is 0.489 e. The van der Waals surface area contributed by atoms with Gasteiger partial charge in [-0.05, 0) is 25.8 Å². The number of fused-ring (bicyclic) bond motifs is 1. The summed E-state index contributed by atoms with van der Waals surface area (Å²) in [5.74, 6) is 2.13. The van der Waals surface area contributed by atoms with E-state index in [1.807, 2.05) is 30.0 Å². The lowest BCUT2D eigenvalue weighted by Crippen LogP contribution is -2.31. The van der Waals surface area contributed by atoms with Crippen LogP contribution in [0.3, 0.4) is 0 Å². The number of aryl methyl sites for hydroxylation is 1. The third-order valence-electron chi connectivity index (χ3n) is 5.13. The molecule has 1 amide bonds. The minimum atomic E-state index is -0.123. The van der Waals surface area contributed by atoms with Gasteiger partial charge in [0.25, 0.3) is 5.91 Å². The van der Waals surface area contributed by atoms with Crippen LogP contribution < -0.4 is 4.74 Å². The second kappa shape index (κ2) is 5.61. The molecule has 2 aliphatic heterocycles. The maximum Gasteiger partial charge on any atom is 0.258 e. The normalized spacial score (nSPS) is 25.6. The molecule has 2 aliphatic rings. The van der Waals surface area contributed by atoms with Crippen LogP contribution in [0.2, 0.25) is 0 Å². The molecule has 1 fully saturated rings. The van der Waals surface area contributed by atoms with Crippen molar-refractivity contribution in [1.82, 2.24) is 15.0 Å². The Morgan fingerprint density at radius 2 is 2.17 bits per heavy atom. The summed E-state index contributed by atoms with van der Waals surface area (Å²) in [5.41, 5.74) is 1.75. The molecule has 0 bridgehead atoms. The molecule has 3 heterocycles. The van der Waals surface area contributed by atoms with Crippen molar-refractivity contribution in [2.75, 3.05) is 6.54 Å². The van der Waals surface area contributed by atoms with Crippen LogP contribution in [0.15, 0.2) is 22.7 Å². The van der Waals surface area contributed by atoms with E-state index in [4.69, 9.17) is 9.26 Å². The molecule has 1 aromatic carbocycles. The molecule has 24 heavy (non-hydrogen) atoms. The summed E-state index contributed by atoms with van der Waals surface area (Å²) in [5, 5.41) is 4.01. The number of likely N-dealkylation sites (tertiary alicyclic amines) is 1. The predicted molar refractivity (Wildman–Crippen MR) is 87.0 cm³/mol. The van der Waals surface area contributed by atoms with Crippen molar-refractivity contribution in [1.29, 1.82) is 0 Å². The van der Waals surface area contributed by atoms with Crippen molar-refractivity contribution in [2.45, 2.75) is 51.7 Å². The maximum atomic E-state index is 13.2. The fourth-order valence-corrected chi connectivity index (χ4v) is 3.64. The second-order valence-corrected chi connectivity index (χ2v) is 6.66. The number of hydrogen-bond acceptors (Lipinski definition) is 5. The van der Waals surface area contributed by atoms with Gasteiger partial charge in [0.05, 0.1) is 11.6 Å². The number of benzene rings is 1. The summed E-state index contributed by atoms with van der Waals surface area (Å²) < 4.78 is 11.1. The predicted octanol–water partition coefficient (Wildman–Crippen LogP) is 3.24. The van der Waals surface area contributed by atoms with Gasteiger partial charge in [0.2, 0.25) is 5.89 Å². The molecule has 0 N–H and O–H groups in total. The Kier molecular flexibility index (Phi) is 3.55. The molecule has 0 saturated carbocycles. The Bertz CT molecular complexity index is 786. The lowest BCUT2D eigenvalue weighted by atomic mass is 9.96.